The lowest BCUT2D eigenvalue weighted by molar-refractivity contribution is -0.132. The van der Waals surface area contributed by atoms with E-state index in [0.29, 0.717) is 31.7 Å². The van der Waals surface area contributed by atoms with E-state index < -0.39 is 45.5 Å². The molecule has 1 unspecified atom stereocenters. The van der Waals surface area contributed by atoms with Gasteiger partial charge >= 0.3 is 0 Å². The average Bonchev–Trinajstić information content (AvgIpc) is 2.84. The van der Waals surface area contributed by atoms with Crippen LogP contribution in [0.2, 0.25) is 0 Å². The third-order valence-corrected chi connectivity index (χ3v) is 8.36. The van der Waals surface area contributed by atoms with Gasteiger partial charge in [0.25, 0.3) is 11.8 Å². The second-order valence-corrected chi connectivity index (χ2v) is 11.0. The summed E-state index contributed by atoms with van der Waals surface area (Å²) in [5.41, 5.74) is 5.58. The van der Waals surface area contributed by atoms with Crippen molar-refractivity contribution in [3.63, 3.8) is 0 Å². The Morgan fingerprint density at radius 1 is 0.889 bits per heavy atom. The SMILES string of the molecule is NC1CCC(NC(=O)C2N(C(=O)c3cc(F)cc(F)c3)CCCN2S(=O)(=O)c2ccc(F)cc2)CC1. The van der Waals surface area contributed by atoms with E-state index in [4.69, 9.17) is 5.73 Å². The van der Waals surface area contributed by atoms with Crippen molar-refractivity contribution < 1.29 is 31.2 Å². The van der Waals surface area contributed by atoms with Crippen LogP contribution in [0.15, 0.2) is 47.4 Å². The van der Waals surface area contributed by atoms with E-state index in [2.05, 4.69) is 5.32 Å². The summed E-state index contributed by atoms with van der Waals surface area (Å²) in [4.78, 5) is 27.6. The first-order valence-electron chi connectivity index (χ1n) is 11.7. The first-order chi connectivity index (χ1) is 17.1. The second kappa shape index (κ2) is 10.6. The number of sulfonamides is 1. The fourth-order valence-corrected chi connectivity index (χ4v) is 6.25. The Bertz CT molecular complexity index is 1210. The Morgan fingerprint density at radius 2 is 1.50 bits per heavy atom. The molecule has 2 aromatic rings. The minimum Gasteiger partial charge on any atom is -0.350 e. The molecule has 3 N–H and O–H groups in total. The number of carbonyl (C=O) groups is 2. The Morgan fingerprint density at radius 3 is 2.11 bits per heavy atom. The second-order valence-electron chi connectivity index (χ2n) is 9.07. The number of hydrogen-bond acceptors (Lipinski definition) is 5. The lowest BCUT2D eigenvalue weighted by Gasteiger charge is -2.42. The maximum Gasteiger partial charge on any atom is 0.259 e. The number of amides is 2. The molecule has 1 heterocycles. The smallest absolute Gasteiger partial charge is 0.259 e. The van der Waals surface area contributed by atoms with Crippen LogP contribution in [0.3, 0.4) is 0 Å². The van der Waals surface area contributed by atoms with E-state index in [-0.39, 0.29) is 42.1 Å². The van der Waals surface area contributed by atoms with Crippen LogP contribution in [0.25, 0.3) is 0 Å². The molecule has 1 saturated carbocycles. The molecule has 2 aromatic carbocycles. The third kappa shape index (κ3) is 5.55. The molecule has 12 heteroatoms. The summed E-state index contributed by atoms with van der Waals surface area (Å²) in [5.74, 6) is -4.22. The van der Waals surface area contributed by atoms with Crippen LogP contribution in [-0.2, 0) is 14.8 Å². The first-order valence-corrected chi connectivity index (χ1v) is 13.1. The van der Waals surface area contributed by atoms with Gasteiger partial charge in [0.2, 0.25) is 10.0 Å². The first kappa shape index (κ1) is 26.1. The lowest BCUT2D eigenvalue weighted by Crippen LogP contribution is -2.64. The van der Waals surface area contributed by atoms with Crippen LogP contribution < -0.4 is 11.1 Å². The van der Waals surface area contributed by atoms with Gasteiger partial charge in [0.15, 0.2) is 6.17 Å². The van der Waals surface area contributed by atoms with Crippen LogP contribution in [0.4, 0.5) is 13.2 Å². The fourth-order valence-electron chi connectivity index (χ4n) is 4.66. The molecule has 0 aromatic heterocycles. The summed E-state index contributed by atoms with van der Waals surface area (Å²) in [7, 11) is -4.34. The highest BCUT2D eigenvalue weighted by molar-refractivity contribution is 7.89. The molecular formula is C24H27F3N4O4S. The lowest BCUT2D eigenvalue weighted by atomic mass is 9.92. The van der Waals surface area contributed by atoms with Crippen molar-refractivity contribution in [2.24, 2.45) is 5.73 Å². The molecule has 194 valence electrons. The minimum atomic E-state index is -4.34. The van der Waals surface area contributed by atoms with Crippen LogP contribution in [0.5, 0.6) is 0 Å². The number of halogens is 3. The van der Waals surface area contributed by atoms with Crippen LogP contribution in [-0.4, -0.2) is 60.8 Å². The van der Waals surface area contributed by atoms with Crippen molar-refractivity contribution in [1.29, 1.82) is 0 Å². The number of benzene rings is 2. The highest BCUT2D eigenvalue weighted by atomic mass is 32.2. The van der Waals surface area contributed by atoms with Crippen molar-refractivity contribution in [2.75, 3.05) is 13.1 Å². The monoisotopic (exact) mass is 524 g/mol. The number of nitrogens with zero attached hydrogens (tertiary/aromatic N) is 2. The van der Waals surface area contributed by atoms with Gasteiger partial charge in [-0.3, -0.25) is 9.59 Å². The van der Waals surface area contributed by atoms with E-state index in [1.54, 1.807) is 0 Å². The normalized spacial score (nSPS) is 23.3. The molecule has 0 bridgehead atoms. The standard InChI is InChI=1S/C24H27F3N4O4S/c25-16-2-8-21(9-3-16)36(34,35)31-11-1-10-30(24(33)15-12-17(26)14-18(27)13-15)23(31)22(32)29-20-6-4-19(28)5-7-20/h2-3,8-9,12-14,19-20,23H,1,4-7,10-11,28H2,(H,29,32). The maximum atomic E-state index is 13.8. The number of carbonyl (C=O) groups excluding carboxylic acids is 2. The van der Waals surface area contributed by atoms with E-state index in [9.17, 15) is 31.2 Å². The van der Waals surface area contributed by atoms with Gasteiger partial charge in [-0.05, 0) is 68.5 Å². The molecule has 0 radical (unpaired) electrons. The summed E-state index contributed by atoms with van der Waals surface area (Å²) >= 11 is 0. The van der Waals surface area contributed by atoms with Gasteiger partial charge in [0.1, 0.15) is 17.5 Å². The average molecular weight is 525 g/mol. The summed E-state index contributed by atoms with van der Waals surface area (Å²) in [5, 5.41) is 2.83. The number of nitrogens with one attached hydrogen (secondary N) is 1. The fraction of sp³-hybridized carbons (Fsp3) is 0.417. The Balaban J connectivity index is 1.70. The minimum absolute atomic E-state index is 0.0139. The molecule has 2 aliphatic rings. The summed E-state index contributed by atoms with van der Waals surface area (Å²) in [6.45, 7) is -0.103. The van der Waals surface area contributed by atoms with E-state index in [1.807, 2.05) is 0 Å². The Hall–Kier alpha value is -2.96. The van der Waals surface area contributed by atoms with Gasteiger partial charge in [-0.25, -0.2) is 21.6 Å². The van der Waals surface area contributed by atoms with E-state index >= 15 is 0 Å². The zero-order valence-corrected chi connectivity index (χ0v) is 20.2. The van der Waals surface area contributed by atoms with E-state index in [1.165, 1.54) is 0 Å². The van der Waals surface area contributed by atoms with Gasteiger partial charge < -0.3 is 16.0 Å². The van der Waals surface area contributed by atoms with Crippen LogP contribution >= 0.6 is 0 Å². The quantitative estimate of drug-likeness (QED) is 0.624. The summed E-state index contributed by atoms with van der Waals surface area (Å²) in [6, 6.07) is 6.13. The summed E-state index contributed by atoms with van der Waals surface area (Å²) in [6.07, 6.45) is 1.10. The largest absolute Gasteiger partial charge is 0.350 e. The topological polar surface area (TPSA) is 113 Å². The molecule has 1 saturated heterocycles. The molecule has 8 nitrogen and oxygen atoms in total. The van der Waals surface area contributed by atoms with Crippen molar-refractivity contribution in [3.05, 3.63) is 65.5 Å². The zero-order valence-electron chi connectivity index (χ0n) is 19.4. The Kier molecular flexibility index (Phi) is 7.67. The van der Waals surface area contributed by atoms with Crippen molar-refractivity contribution in [3.8, 4) is 0 Å². The molecule has 1 aliphatic carbocycles. The molecular weight excluding hydrogens is 497 g/mol. The highest BCUT2D eigenvalue weighted by Gasteiger charge is 2.45. The molecule has 1 aliphatic heterocycles. The zero-order chi connectivity index (χ0) is 26.0. The molecule has 0 spiro atoms. The van der Waals surface area contributed by atoms with Crippen molar-refractivity contribution in [2.45, 2.75) is 55.2 Å². The number of rotatable bonds is 5. The van der Waals surface area contributed by atoms with Gasteiger partial charge in [0.05, 0.1) is 4.90 Å². The molecule has 1 atom stereocenters. The Labute approximate surface area is 207 Å². The molecule has 36 heavy (non-hydrogen) atoms. The van der Waals surface area contributed by atoms with Crippen molar-refractivity contribution in [1.82, 2.24) is 14.5 Å². The van der Waals surface area contributed by atoms with Gasteiger partial charge in [-0.2, -0.15) is 4.31 Å². The predicted octanol–water partition coefficient (Wildman–Crippen LogP) is 2.35. The maximum absolute atomic E-state index is 13.8. The number of nitrogens with two attached hydrogens (primary N) is 1. The van der Waals surface area contributed by atoms with Crippen molar-refractivity contribution >= 4 is 21.8 Å². The third-order valence-electron chi connectivity index (χ3n) is 6.49. The van der Waals surface area contributed by atoms with Gasteiger partial charge in [-0.15, -0.1) is 0 Å². The van der Waals surface area contributed by atoms with E-state index in [0.717, 1.165) is 45.6 Å². The molecule has 2 fully saturated rings. The summed E-state index contributed by atoms with van der Waals surface area (Å²) < 4.78 is 69.0. The molecule has 2 amide bonds. The van der Waals surface area contributed by atoms with Gasteiger partial charge in [-0.1, -0.05) is 0 Å². The number of hydrogen-bond donors (Lipinski definition) is 2. The highest BCUT2D eigenvalue weighted by Crippen LogP contribution is 2.27. The molecule has 4 rings (SSSR count). The van der Waals surface area contributed by atoms with Crippen LogP contribution in [0.1, 0.15) is 42.5 Å². The predicted molar refractivity (Wildman–Crippen MR) is 124 cm³/mol. The van der Waals surface area contributed by atoms with Gasteiger partial charge in [0, 0.05) is 36.8 Å². The van der Waals surface area contributed by atoms with Crippen LogP contribution in [0, 0.1) is 17.5 Å².